The number of carbonyl (C=O) groups is 1. The van der Waals surface area contributed by atoms with E-state index >= 15 is 0 Å². The van der Waals surface area contributed by atoms with Gasteiger partial charge >= 0.3 is 0 Å². The second kappa shape index (κ2) is 6.13. The summed E-state index contributed by atoms with van der Waals surface area (Å²) in [5, 5.41) is 6.87. The molecule has 1 amide bonds. The van der Waals surface area contributed by atoms with Crippen LogP contribution in [0.4, 0.5) is 4.39 Å². The summed E-state index contributed by atoms with van der Waals surface area (Å²) in [4.78, 5) is 15.9. The van der Waals surface area contributed by atoms with E-state index < -0.39 is 11.7 Å². The van der Waals surface area contributed by atoms with Crippen molar-refractivity contribution in [2.24, 2.45) is 7.05 Å². The minimum absolute atomic E-state index is 0.139. The molecule has 0 radical (unpaired) electrons. The van der Waals surface area contributed by atoms with Crippen LogP contribution in [0.25, 0.3) is 0 Å². The van der Waals surface area contributed by atoms with Gasteiger partial charge in [0.2, 0.25) is 0 Å². The summed E-state index contributed by atoms with van der Waals surface area (Å²) in [6, 6.07) is 2.52. The number of aromatic nitrogens is 3. The number of aryl methyl sites for hydroxylation is 1. The van der Waals surface area contributed by atoms with Crippen LogP contribution < -0.4 is 10.1 Å². The van der Waals surface area contributed by atoms with E-state index in [2.05, 4.69) is 15.4 Å². The number of halogens is 1. The first-order chi connectivity index (χ1) is 10.6. The van der Waals surface area contributed by atoms with Gasteiger partial charge in [-0.2, -0.15) is 5.10 Å². The normalized spacial score (nSPS) is 20.8. The van der Waals surface area contributed by atoms with Gasteiger partial charge in [0.05, 0.1) is 18.4 Å². The topological polar surface area (TPSA) is 69.0 Å². The third-order valence-corrected chi connectivity index (χ3v) is 3.71. The number of hydrogen-bond donors (Lipinski definition) is 1. The van der Waals surface area contributed by atoms with Crippen molar-refractivity contribution in [2.45, 2.75) is 31.4 Å². The van der Waals surface area contributed by atoms with Gasteiger partial charge < -0.3 is 10.1 Å². The largest absolute Gasteiger partial charge is 0.485 e. The van der Waals surface area contributed by atoms with Crippen LogP contribution in [0.5, 0.6) is 5.75 Å². The Hall–Kier alpha value is -2.44. The number of amides is 1. The van der Waals surface area contributed by atoms with Crippen molar-refractivity contribution in [3.63, 3.8) is 0 Å². The Kier molecular flexibility index (Phi) is 4.04. The number of rotatable bonds is 4. The van der Waals surface area contributed by atoms with Gasteiger partial charge in [0.25, 0.3) is 5.91 Å². The maximum absolute atomic E-state index is 13.6. The Morgan fingerprint density at radius 2 is 2.36 bits per heavy atom. The lowest BCUT2D eigenvalue weighted by atomic mass is 10.2. The van der Waals surface area contributed by atoms with Crippen molar-refractivity contribution in [1.82, 2.24) is 20.1 Å². The van der Waals surface area contributed by atoms with Gasteiger partial charge in [-0.3, -0.25) is 9.48 Å². The van der Waals surface area contributed by atoms with Gasteiger partial charge in [0, 0.05) is 13.2 Å². The lowest BCUT2D eigenvalue weighted by Gasteiger charge is -2.21. The molecule has 116 valence electrons. The molecular formula is C15H17FN4O2. The average Bonchev–Trinajstić information content (AvgIpc) is 3.09. The molecular weight excluding hydrogens is 287 g/mol. The fourth-order valence-corrected chi connectivity index (χ4v) is 2.66. The molecule has 0 bridgehead atoms. The van der Waals surface area contributed by atoms with Crippen LogP contribution in [0.1, 0.15) is 29.8 Å². The summed E-state index contributed by atoms with van der Waals surface area (Å²) in [6.45, 7) is 0. The van der Waals surface area contributed by atoms with E-state index in [9.17, 15) is 9.18 Å². The SMILES string of the molecule is Cn1cc(O[C@@H]2CCC[C@@H]2NC(=O)c2ncccc2F)cn1. The predicted octanol–water partition coefficient (Wildman–Crippen LogP) is 1.68. The molecule has 0 unspecified atom stereocenters. The zero-order chi connectivity index (χ0) is 15.5. The molecule has 0 aromatic carbocycles. The molecule has 0 saturated heterocycles. The monoisotopic (exact) mass is 304 g/mol. The Bertz CT molecular complexity index is 673. The van der Waals surface area contributed by atoms with E-state index in [0.29, 0.717) is 5.75 Å². The smallest absolute Gasteiger partial charge is 0.273 e. The zero-order valence-electron chi connectivity index (χ0n) is 12.2. The highest BCUT2D eigenvalue weighted by Gasteiger charge is 2.31. The maximum Gasteiger partial charge on any atom is 0.273 e. The van der Waals surface area contributed by atoms with E-state index in [1.54, 1.807) is 17.1 Å². The number of ether oxygens (including phenoxy) is 1. The second-order valence-electron chi connectivity index (χ2n) is 5.35. The van der Waals surface area contributed by atoms with Gasteiger partial charge in [-0.15, -0.1) is 0 Å². The van der Waals surface area contributed by atoms with E-state index in [-0.39, 0.29) is 17.8 Å². The minimum atomic E-state index is -0.622. The van der Waals surface area contributed by atoms with Gasteiger partial charge in [-0.25, -0.2) is 9.37 Å². The van der Waals surface area contributed by atoms with Crippen molar-refractivity contribution in [2.75, 3.05) is 0 Å². The summed E-state index contributed by atoms with van der Waals surface area (Å²) < 4.78 is 21.1. The molecule has 1 aliphatic carbocycles. The van der Waals surface area contributed by atoms with Crippen LogP contribution in [0.2, 0.25) is 0 Å². The standard InChI is InChI=1S/C15H17FN4O2/c1-20-9-10(8-18-20)22-13-6-2-5-12(13)19-15(21)14-11(16)4-3-7-17-14/h3-4,7-9,12-13H,2,5-6H2,1H3,(H,19,21)/t12-,13+/m0/s1. The molecule has 3 rings (SSSR count). The zero-order valence-corrected chi connectivity index (χ0v) is 12.2. The van der Waals surface area contributed by atoms with E-state index in [1.165, 1.54) is 18.3 Å². The van der Waals surface area contributed by atoms with Crippen molar-refractivity contribution in [1.29, 1.82) is 0 Å². The Labute approximate surface area is 127 Å². The van der Waals surface area contributed by atoms with Gasteiger partial charge in [-0.1, -0.05) is 0 Å². The molecule has 7 heteroatoms. The highest BCUT2D eigenvalue weighted by molar-refractivity contribution is 5.92. The molecule has 2 atom stereocenters. The maximum atomic E-state index is 13.6. The summed E-state index contributed by atoms with van der Waals surface area (Å²) in [6.07, 6.45) is 7.25. The highest BCUT2D eigenvalue weighted by atomic mass is 19.1. The first-order valence-corrected chi connectivity index (χ1v) is 7.20. The third kappa shape index (κ3) is 3.08. The van der Waals surface area contributed by atoms with E-state index in [0.717, 1.165) is 19.3 Å². The molecule has 2 aromatic rings. The van der Waals surface area contributed by atoms with Crippen LogP contribution in [0.3, 0.4) is 0 Å². The number of nitrogens with one attached hydrogen (secondary N) is 1. The highest BCUT2D eigenvalue weighted by Crippen LogP contribution is 2.24. The van der Waals surface area contributed by atoms with Gasteiger partial charge in [0.15, 0.2) is 17.3 Å². The van der Waals surface area contributed by atoms with Crippen molar-refractivity contribution in [3.8, 4) is 5.75 Å². The molecule has 0 aliphatic heterocycles. The van der Waals surface area contributed by atoms with Crippen LogP contribution >= 0.6 is 0 Å². The van der Waals surface area contributed by atoms with E-state index in [1.807, 2.05) is 7.05 Å². The van der Waals surface area contributed by atoms with E-state index in [4.69, 9.17) is 4.74 Å². The minimum Gasteiger partial charge on any atom is -0.485 e. The summed E-state index contributed by atoms with van der Waals surface area (Å²) >= 11 is 0. The Balaban J connectivity index is 1.66. The van der Waals surface area contributed by atoms with Gasteiger partial charge in [-0.05, 0) is 31.4 Å². The summed E-state index contributed by atoms with van der Waals surface area (Å²) in [5.41, 5.74) is -0.186. The fraction of sp³-hybridized carbons (Fsp3) is 0.400. The number of pyridine rings is 1. The lowest BCUT2D eigenvalue weighted by molar-refractivity contribution is 0.0884. The Morgan fingerprint density at radius 3 is 3.09 bits per heavy atom. The summed E-state index contributed by atoms with van der Waals surface area (Å²) in [5.74, 6) is -0.467. The van der Waals surface area contributed by atoms with Crippen molar-refractivity contribution < 1.29 is 13.9 Å². The molecule has 1 saturated carbocycles. The molecule has 1 fully saturated rings. The van der Waals surface area contributed by atoms with Crippen LogP contribution in [-0.4, -0.2) is 32.8 Å². The quantitative estimate of drug-likeness (QED) is 0.933. The predicted molar refractivity (Wildman–Crippen MR) is 76.9 cm³/mol. The summed E-state index contributed by atoms with van der Waals surface area (Å²) in [7, 11) is 1.81. The first-order valence-electron chi connectivity index (χ1n) is 7.20. The van der Waals surface area contributed by atoms with Crippen molar-refractivity contribution >= 4 is 5.91 Å². The molecule has 22 heavy (non-hydrogen) atoms. The third-order valence-electron chi connectivity index (χ3n) is 3.71. The second-order valence-corrected chi connectivity index (χ2v) is 5.35. The van der Waals surface area contributed by atoms with Crippen LogP contribution in [0, 0.1) is 5.82 Å². The number of nitrogens with zero attached hydrogens (tertiary/aromatic N) is 3. The fourth-order valence-electron chi connectivity index (χ4n) is 2.66. The lowest BCUT2D eigenvalue weighted by Crippen LogP contribution is -2.43. The first kappa shape index (κ1) is 14.5. The molecule has 1 aliphatic rings. The van der Waals surface area contributed by atoms with Crippen LogP contribution in [-0.2, 0) is 7.05 Å². The molecule has 0 spiro atoms. The van der Waals surface area contributed by atoms with Gasteiger partial charge in [0.1, 0.15) is 6.10 Å². The van der Waals surface area contributed by atoms with Crippen LogP contribution in [0.15, 0.2) is 30.7 Å². The number of hydrogen-bond acceptors (Lipinski definition) is 4. The average molecular weight is 304 g/mol. The number of carbonyl (C=O) groups excluding carboxylic acids is 1. The molecule has 2 heterocycles. The molecule has 1 N–H and O–H groups in total. The Morgan fingerprint density at radius 1 is 1.50 bits per heavy atom. The molecule has 2 aromatic heterocycles. The molecule has 6 nitrogen and oxygen atoms in total. The van der Waals surface area contributed by atoms with Crippen molar-refractivity contribution in [3.05, 3.63) is 42.2 Å².